The van der Waals surface area contributed by atoms with E-state index in [9.17, 15) is 13.2 Å². The Balaban J connectivity index is 1.24. The first kappa shape index (κ1) is 27.2. The molecule has 0 aliphatic carbocycles. The quantitative estimate of drug-likeness (QED) is 0.429. The van der Waals surface area contributed by atoms with E-state index in [1.807, 2.05) is 59.5 Å². The lowest BCUT2D eigenvalue weighted by Gasteiger charge is -2.38. The van der Waals surface area contributed by atoms with Crippen LogP contribution in [0.15, 0.2) is 66.7 Å². The standard InChI is InChI=1S/C31H37N3O4S/c1-32-16-18-33(19-17-32)29-12-13-30(38-2)27-14-15-34(21-28(27)29)31(35)20-24-8-10-26(11-9-24)23-39(36,37)22-25-6-4-3-5-7-25/h3-13H,14-23H2,1-2H3. The molecule has 1 fully saturated rings. The summed E-state index contributed by atoms with van der Waals surface area (Å²) in [4.78, 5) is 20.1. The molecule has 1 saturated heterocycles. The second-order valence-corrected chi connectivity index (χ2v) is 12.7. The first-order valence-electron chi connectivity index (χ1n) is 13.5. The summed E-state index contributed by atoms with van der Waals surface area (Å²) in [5, 5.41) is 0. The summed E-state index contributed by atoms with van der Waals surface area (Å²) in [6.45, 7) is 5.21. The van der Waals surface area contributed by atoms with E-state index in [2.05, 4.69) is 29.0 Å². The third-order valence-corrected chi connectivity index (χ3v) is 9.30. The van der Waals surface area contributed by atoms with Crippen LogP contribution in [-0.4, -0.2) is 71.0 Å². The molecule has 0 N–H and O–H groups in total. The van der Waals surface area contributed by atoms with E-state index in [-0.39, 0.29) is 17.4 Å². The number of methoxy groups -OCH3 is 1. The van der Waals surface area contributed by atoms with Gasteiger partial charge < -0.3 is 19.4 Å². The van der Waals surface area contributed by atoms with E-state index in [1.165, 1.54) is 16.8 Å². The summed E-state index contributed by atoms with van der Waals surface area (Å²) in [7, 11) is 0.574. The molecule has 5 rings (SSSR count). The Labute approximate surface area is 231 Å². The molecule has 0 saturated carbocycles. The summed E-state index contributed by atoms with van der Waals surface area (Å²) in [6.07, 6.45) is 1.06. The van der Waals surface area contributed by atoms with Gasteiger partial charge in [-0.25, -0.2) is 8.42 Å². The zero-order valence-corrected chi connectivity index (χ0v) is 23.6. The van der Waals surface area contributed by atoms with Crippen molar-refractivity contribution >= 4 is 21.4 Å². The van der Waals surface area contributed by atoms with Crippen LogP contribution in [0.25, 0.3) is 0 Å². The number of sulfone groups is 1. The van der Waals surface area contributed by atoms with E-state index < -0.39 is 9.84 Å². The average molecular weight is 548 g/mol. The van der Waals surface area contributed by atoms with Crippen LogP contribution < -0.4 is 9.64 Å². The van der Waals surface area contributed by atoms with Crippen LogP contribution in [0, 0.1) is 0 Å². The molecule has 2 aliphatic rings. The molecule has 0 unspecified atom stereocenters. The molecule has 0 bridgehead atoms. The SMILES string of the molecule is COc1ccc(N2CCN(C)CC2)c2c1CCN(C(=O)Cc1ccc(CS(=O)(=O)Cc3ccccc3)cc1)C2. The van der Waals surface area contributed by atoms with Crippen LogP contribution in [0.2, 0.25) is 0 Å². The number of amides is 1. The lowest BCUT2D eigenvalue weighted by molar-refractivity contribution is -0.131. The highest BCUT2D eigenvalue weighted by atomic mass is 32.2. The topological polar surface area (TPSA) is 70.2 Å². The fourth-order valence-corrected chi connectivity index (χ4v) is 7.05. The number of rotatable bonds is 8. The minimum Gasteiger partial charge on any atom is -0.496 e. The van der Waals surface area contributed by atoms with Gasteiger partial charge in [-0.15, -0.1) is 0 Å². The van der Waals surface area contributed by atoms with Crippen LogP contribution in [0.1, 0.15) is 27.8 Å². The predicted octanol–water partition coefficient (Wildman–Crippen LogP) is 3.69. The van der Waals surface area contributed by atoms with Crippen LogP contribution in [0.3, 0.4) is 0 Å². The Hall–Kier alpha value is -3.36. The number of fused-ring (bicyclic) bond motifs is 1. The molecule has 1 amide bonds. The van der Waals surface area contributed by atoms with E-state index in [1.54, 1.807) is 7.11 Å². The molecular weight excluding hydrogens is 510 g/mol. The monoisotopic (exact) mass is 547 g/mol. The van der Waals surface area contributed by atoms with Gasteiger partial charge in [0.2, 0.25) is 5.91 Å². The van der Waals surface area contributed by atoms with Crippen LogP contribution in [-0.2, 0) is 45.5 Å². The Morgan fingerprint density at radius 2 is 1.44 bits per heavy atom. The molecule has 3 aromatic carbocycles. The molecular formula is C31H37N3O4S. The highest BCUT2D eigenvalue weighted by molar-refractivity contribution is 7.89. The third-order valence-electron chi connectivity index (χ3n) is 7.76. The van der Waals surface area contributed by atoms with Gasteiger partial charge in [0.25, 0.3) is 0 Å². The maximum Gasteiger partial charge on any atom is 0.227 e. The van der Waals surface area contributed by atoms with Crippen molar-refractivity contribution in [1.29, 1.82) is 0 Å². The van der Waals surface area contributed by atoms with Gasteiger partial charge >= 0.3 is 0 Å². The molecule has 0 aromatic heterocycles. The van der Waals surface area contributed by atoms with Gasteiger partial charge in [-0.2, -0.15) is 0 Å². The van der Waals surface area contributed by atoms with Crippen molar-refractivity contribution < 1.29 is 17.9 Å². The minimum atomic E-state index is -3.28. The van der Waals surface area contributed by atoms with Crippen molar-refractivity contribution in [2.75, 3.05) is 51.8 Å². The Kier molecular flexibility index (Phi) is 8.23. The molecule has 0 spiro atoms. The maximum atomic E-state index is 13.4. The van der Waals surface area contributed by atoms with Crippen molar-refractivity contribution in [3.05, 3.63) is 94.5 Å². The minimum absolute atomic E-state index is 0.0179. The zero-order chi connectivity index (χ0) is 27.4. The van der Waals surface area contributed by atoms with Gasteiger partial charge in [0.1, 0.15) is 5.75 Å². The fraction of sp³-hybridized carbons (Fsp3) is 0.387. The number of carbonyl (C=O) groups is 1. The van der Waals surface area contributed by atoms with Gasteiger partial charge in [0.15, 0.2) is 9.84 Å². The van der Waals surface area contributed by atoms with Crippen LogP contribution in [0.5, 0.6) is 5.75 Å². The predicted molar refractivity (Wildman–Crippen MR) is 155 cm³/mol. The molecule has 206 valence electrons. The van der Waals surface area contributed by atoms with Crippen molar-refractivity contribution in [2.45, 2.75) is 30.9 Å². The summed E-state index contributed by atoms with van der Waals surface area (Å²) in [5.74, 6) is 0.978. The largest absolute Gasteiger partial charge is 0.496 e. The Morgan fingerprint density at radius 1 is 0.795 bits per heavy atom. The lowest BCUT2D eigenvalue weighted by atomic mass is 9.95. The third kappa shape index (κ3) is 6.62. The van der Waals surface area contributed by atoms with Gasteiger partial charge in [-0.3, -0.25) is 4.79 Å². The van der Waals surface area contributed by atoms with Crippen LogP contribution in [0.4, 0.5) is 5.69 Å². The van der Waals surface area contributed by atoms with E-state index in [0.29, 0.717) is 19.5 Å². The number of nitrogens with zero attached hydrogens (tertiary/aromatic N) is 3. The first-order valence-corrected chi connectivity index (χ1v) is 15.4. The molecule has 7 nitrogen and oxygen atoms in total. The maximum absolute atomic E-state index is 13.4. The van der Waals surface area contributed by atoms with Crippen LogP contribution >= 0.6 is 0 Å². The van der Waals surface area contributed by atoms with Crippen molar-refractivity contribution in [1.82, 2.24) is 9.80 Å². The molecule has 0 radical (unpaired) electrons. The molecule has 2 heterocycles. The average Bonchev–Trinajstić information content (AvgIpc) is 2.94. The number of benzene rings is 3. The Morgan fingerprint density at radius 3 is 2.10 bits per heavy atom. The van der Waals surface area contributed by atoms with E-state index in [0.717, 1.165) is 55.0 Å². The molecule has 8 heteroatoms. The number of carbonyl (C=O) groups excluding carboxylic acids is 1. The zero-order valence-electron chi connectivity index (χ0n) is 22.8. The summed E-state index contributed by atoms with van der Waals surface area (Å²) >= 11 is 0. The van der Waals surface area contributed by atoms with E-state index in [4.69, 9.17) is 4.74 Å². The van der Waals surface area contributed by atoms with Gasteiger partial charge in [0.05, 0.1) is 25.0 Å². The van der Waals surface area contributed by atoms with Crippen molar-refractivity contribution in [3.8, 4) is 5.75 Å². The number of ether oxygens (including phenoxy) is 1. The van der Waals surface area contributed by atoms with Crippen molar-refractivity contribution in [3.63, 3.8) is 0 Å². The summed E-state index contributed by atoms with van der Waals surface area (Å²) in [6, 6.07) is 20.8. The second-order valence-electron chi connectivity index (χ2n) is 10.6. The highest BCUT2D eigenvalue weighted by Crippen LogP contribution is 2.36. The summed E-state index contributed by atoms with van der Waals surface area (Å²) in [5.41, 5.74) is 6.02. The first-order chi connectivity index (χ1) is 18.8. The number of hydrogen-bond acceptors (Lipinski definition) is 6. The second kappa shape index (κ2) is 11.8. The fourth-order valence-electron chi connectivity index (χ4n) is 5.55. The van der Waals surface area contributed by atoms with Gasteiger partial charge in [-0.05, 0) is 42.3 Å². The number of piperazine rings is 1. The smallest absolute Gasteiger partial charge is 0.227 e. The molecule has 3 aromatic rings. The number of anilines is 1. The molecule has 0 atom stereocenters. The van der Waals surface area contributed by atoms with Gasteiger partial charge in [0, 0.05) is 56.1 Å². The Bertz CT molecular complexity index is 1400. The van der Waals surface area contributed by atoms with E-state index >= 15 is 0 Å². The molecule has 39 heavy (non-hydrogen) atoms. The number of likely N-dealkylation sites (N-methyl/N-ethyl adjacent to an activating group) is 1. The molecule has 2 aliphatic heterocycles. The van der Waals surface area contributed by atoms with Crippen molar-refractivity contribution in [2.24, 2.45) is 0 Å². The highest BCUT2D eigenvalue weighted by Gasteiger charge is 2.28. The normalized spacial score (nSPS) is 16.2. The summed E-state index contributed by atoms with van der Waals surface area (Å²) < 4.78 is 31.0. The lowest BCUT2D eigenvalue weighted by Crippen LogP contribution is -2.45. The van der Waals surface area contributed by atoms with Gasteiger partial charge in [-0.1, -0.05) is 54.6 Å². The number of hydrogen-bond donors (Lipinski definition) is 0.